The fraction of sp³-hybridized carbons (Fsp3) is 0.0833. The predicted octanol–water partition coefficient (Wildman–Crippen LogP) is 1.43. The third-order valence-electron chi connectivity index (χ3n) is 2.33. The number of nitrogens with zero attached hydrogens (tertiary/aromatic N) is 1. The van der Waals surface area contributed by atoms with E-state index in [4.69, 9.17) is 5.11 Å². The van der Waals surface area contributed by atoms with Crippen LogP contribution >= 0.6 is 11.3 Å². The highest BCUT2D eigenvalue weighted by atomic mass is 32.1. The molecule has 0 aliphatic carbocycles. The Bertz CT molecular complexity index is 668. The summed E-state index contributed by atoms with van der Waals surface area (Å²) in [6.45, 7) is 0. The van der Waals surface area contributed by atoms with Crippen molar-refractivity contribution >= 4 is 28.3 Å². The van der Waals surface area contributed by atoms with Gasteiger partial charge < -0.3 is 15.3 Å². The number of rotatable bonds is 4. The van der Waals surface area contributed by atoms with Gasteiger partial charge in [0, 0.05) is 5.38 Å². The number of carbonyl (C=O) groups is 2. The van der Waals surface area contributed by atoms with Gasteiger partial charge in [0.1, 0.15) is 11.5 Å². The van der Waals surface area contributed by atoms with Crippen LogP contribution in [0.2, 0.25) is 0 Å². The van der Waals surface area contributed by atoms with Crippen LogP contribution in [0.3, 0.4) is 0 Å². The molecule has 0 radical (unpaired) electrons. The summed E-state index contributed by atoms with van der Waals surface area (Å²) in [4.78, 5) is 26.3. The highest BCUT2D eigenvalue weighted by Crippen LogP contribution is 2.24. The number of aromatic hydroxyl groups is 2. The number of phenolic OH excluding ortho intramolecular Hbond substituents is 2. The summed E-state index contributed by atoms with van der Waals surface area (Å²) in [7, 11) is 0. The molecule has 0 atom stereocenters. The molecule has 1 aromatic heterocycles. The van der Waals surface area contributed by atoms with E-state index in [2.05, 4.69) is 10.3 Å². The van der Waals surface area contributed by atoms with Crippen LogP contribution in [0.25, 0.3) is 0 Å². The van der Waals surface area contributed by atoms with E-state index in [1.807, 2.05) is 0 Å². The molecule has 2 rings (SSSR count). The first kappa shape index (κ1) is 13.8. The van der Waals surface area contributed by atoms with E-state index in [0.29, 0.717) is 5.69 Å². The number of thiazole rings is 1. The number of nitrogens with one attached hydrogen (secondary N) is 1. The minimum Gasteiger partial charge on any atom is -0.508 e. The van der Waals surface area contributed by atoms with E-state index < -0.39 is 11.9 Å². The Labute approximate surface area is 117 Å². The van der Waals surface area contributed by atoms with Crippen LogP contribution in [0.4, 0.5) is 5.13 Å². The standard InChI is InChI=1S/C12H10N2O5S/c15-7-1-2-9(16)8(4-7)11(19)14-12-13-6(5-20-12)3-10(17)18/h1-2,4-5,15-16H,3H2,(H,17,18)(H,13,14,19). The number of phenols is 2. The van der Waals surface area contributed by atoms with Crippen LogP contribution in [0.15, 0.2) is 23.6 Å². The van der Waals surface area contributed by atoms with Gasteiger partial charge in [0.15, 0.2) is 5.13 Å². The predicted molar refractivity (Wildman–Crippen MR) is 71.2 cm³/mol. The van der Waals surface area contributed by atoms with E-state index >= 15 is 0 Å². The number of anilines is 1. The van der Waals surface area contributed by atoms with Crippen molar-refractivity contribution in [2.75, 3.05) is 5.32 Å². The molecule has 1 aromatic carbocycles. The largest absolute Gasteiger partial charge is 0.508 e. The summed E-state index contributed by atoms with van der Waals surface area (Å²) in [6, 6.07) is 3.57. The van der Waals surface area contributed by atoms with Crippen LogP contribution in [-0.2, 0) is 11.2 Å². The minimum atomic E-state index is -1.01. The van der Waals surface area contributed by atoms with Gasteiger partial charge in [-0.05, 0) is 18.2 Å². The topological polar surface area (TPSA) is 120 Å². The molecule has 4 N–H and O–H groups in total. The average molecular weight is 294 g/mol. The highest BCUT2D eigenvalue weighted by molar-refractivity contribution is 7.14. The summed E-state index contributed by atoms with van der Waals surface area (Å²) in [5, 5.41) is 31.6. The molecular formula is C12H10N2O5S. The molecule has 0 aliphatic heterocycles. The maximum atomic E-state index is 11.9. The number of amides is 1. The molecule has 0 saturated carbocycles. The Morgan fingerprint density at radius 1 is 1.30 bits per heavy atom. The van der Waals surface area contributed by atoms with Crippen LogP contribution in [0.1, 0.15) is 16.1 Å². The zero-order valence-corrected chi connectivity index (χ0v) is 10.8. The molecule has 2 aromatic rings. The Hall–Kier alpha value is -2.61. The summed E-state index contributed by atoms with van der Waals surface area (Å²) >= 11 is 1.07. The molecule has 1 amide bonds. The second kappa shape index (κ2) is 5.57. The number of hydrogen-bond acceptors (Lipinski definition) is 6. The Morgan fingerprint density at radius 2 is 2.05 bits per heavy atom. The SMILES string of the molecule is O=C(O)Cc1csc(NC(=O)c2cc(O)ccc2O)n1. The number of carboxylic acids is 1. The highest BCUT2D eigenvalue weighted by Gasteiger charge is 2.14. The van der Waals surface area contributed by atoms with Gasteiger partial charge >= 0.3 is 5.97 Å². The van der Waals surface area contributed by atoms with Gasteiger partial charge in [0.25, 0.3) is 5.91 Å². The number of carboxylic acid groups (broad SMARTS) is 1. The van der Waals surface area contributed by atoms with E-state index in [9.17, 15) is 19.8 Å². The van der Waals surface area contributed by atoms with E-state index in [0.717, 1.165) is 17.4 Å². The molecule has 1 heterocycles. The molecule has 0 bridgehead atoms. The first-order chi connectivity index (χ1) is 9.45. The fourth-order valence-electron chi connectivity index (χ4n) is 1.47. The molecular weight excluding hydrogens is 284 g/mol. The van der Waals surface area contributed by atoms with Gasteiger partial charge in [-0.1, -0.05) is 0 Å². The normalized spacial score (nSPS) is 10.2. The van der Waals surface area contributed by atoms with E-state index in [-0.39, 0.29) is 28.6 Å². The second-order valence-electron chi connectivity index (χ2n) is 3.87. The van der Waals surface area contributed by atoms with Crippen molar-refractivity contribution in [3.05, 3.63) is 34.8 Å². The third-order valence-corrected chi connectivity index (χ3v) is 3.14. The zero-order chi connectivity index (χ0) is 14.7. The first-order valence-electron chi connectivity index (χ1n) is 5.45. The van der Waals surface area contributed by atoms with E-state index in [1.165, 1.54) is 17.5 Å². The lowest BCUT2D eigenvalue weighted by atomic mass is 10.2. The van der Waals surface area contributed by atoms with Crippen molar-refractivity contribution in [2.24, 2.45) is 0 Å². The Balaban J connectivity index is 2.13. The average Bonchev–Trinajstić information content (AvgIpc) is 2.78. The molecule has 104 valence electrons. The lowest BCUT2D eigenvalue weighted by Gasteiger charge is -2.04. The molecule has 0 spiro atoms. The molecule has 0 saturated heterocycles. The van der Waals surface area contributed by atoms with Crippen molar-refractivity contribution in [3.63, 3.8) is 0 Å². The number of aromatic nitrogens is 1. The second-order valence-corrected chi connectivity index (χ2v) is 4.73. The molecule has 0 aliphatic rings. The third kappa shape index (κ3) is 3.23. The van der Waals surface area contributed by atoms with Crippen LogP contribution < -0.4 is 5.32 Å². The number of aliphatic carboxylic acids is 1. The van der Waals surface area contributed by atoms with Crippen molar-refractivity contribution in [2.45, 2.75) is 6.42 Å². The van der Waals surface area contributed by atoms with Crippen molar-refractivity contribution in [1.29, 1.82) is 0 Å². The Morgan fingerprint density at radius 3 is 2.75 bits per heavy atom. The minimum absolute atomic E-state index is 0.0972. The van der Waals surface area contributed by atoms with Crippen LogP contribution in [-0.4, -0.2) is 32.2 Å². The number of carbonyl (C=O) groups excluding carboxylic acids is 1. The fourth-order valence-corrected chi connectivity index (χ4v) is 2.18. The van der Waals surface area contributed by atoms with Crippen molar-refractivity contribution in [1.82, 2.24) is 4.98 Å². The van der Waals surface area contributed by atoms with Crippen molar-refractivity contribution < 1.29 is 24.9 Å². The van der Waals surface area contributed by atoms with Crippen molar-refractivity contribution in [3.8, 4) is 11.5 Å². The summed E-state index contributed by atoms with van der Waals surface area (Å²) < 4.78 is 0. The summed E-state index contributed by atoms with van der Waals surface area (Å²) in [5.41, 5.74) is 0.234. The molecule has 7 nitrogen and oxygen atoms in total. The van der Waals surface area contributed by atoms with Crippen LogP contribution in [0, 0.1) is 0 Å². The Kier molecular flexibility index (Phi) is 3.85. The van der Waals surface area contributed by atoms with Crippen LogP contribution in [0.5, 0.6) is 11.5 Å². The summed E-state index contributed by atoms with van der Waals surface area (Å²) in [5.74, 6) is -2.09. The number of benzene rings is 1. The maximum Gasteiger partial charge on any atom is 0.309 e. The lowest BCUT2D eigenvalue weighted by molar-refractivity contribution is -0.136. The summed E-state index contributed by atoms with van der Waals surface area (Å²) in [6.07, 6.45) is -0.232. The molecule has 8 heteroatoms. The maximum absolute atomic E-state index is 11.9. The van der Waals surface area contributed by atoms with Gasteiger partial charge in [-0.15, -0.1) is 11.3 Å². The lowest BCUT2D eigenvalue weighted by Crippen LogP contribution is -2.12. The van der Waals surface area contributed by atoms with Gasteiger partial charge in [0.2, 0.25) is 0 Å². The van der Waals surface area contributed by atoms with Gasteiger partial charge in [-0.3, -0.25) is 14.9 Å². The van der Waals surface area contributed by atoms with Gasteiger partial charge in [-0.25, -0.2) is 4.98 Å². The monoisotopic (exact) mass is 294 g/mol. The molecule has 0 unspecified atom stereocenters. The quantitative estimate of drug-likeness (QED) is 0.633. The zero-order valence-electron chi connectivity index (χ0n) is 10.0. The van der Waals surface area contributed by atoms with Gasteiger partial charge in [-0.2, -0.15) is 0 Å². The van der Waals surface area contributed by atoms with Gasteiger partial charge in [0.05, 0.1) is 17.7 Å². The van der Waals surface area contributed by atoms with E-state index in [1.54, 1.807) is 0 Å². The first-order valence-corrected chi connectivity index (χ1v) is 6.33. The molecule has 0 fully saturated rings. The molecule has 20 heavy (non-hydrogen) atoms. The smallest absolute Gasteiger partial charge is 0.309 e. The number of hydrogen-bond donors (Lipinski definition) is 4.